The van der Waals surface area contributed by atoms with Crippen molar-refractivity contribution in [3.8, 4) is 0 Å². The van der Waals surface area contributed by atoms with E-state index in [0.717, 1.165) is 11.1 Å². The van der Waals surface area contributed by atoms with Crippen molar-refractivity contribution in [1.29, 1.82) is 0 Å². The molecule has 1 aliphatic carbocycles. The minimum atomic E-state index is -1.50. The molecule has 4 amide bonds. The number of allylic oxidation sites excluding steroid dienone is 2. The summed E-state index contributed by atoms with van der Waals surface area (Å²) < 4.78 is 6.39. The number of rotatable bonds is 4. The van der Waals surface area contributed by atoms with Crippen molar-refractivity contribution in [2.75, 3.05) is 6.54 Å². The lowest BCUT2D eigenvalue weighted by Gasteiger charge is -2.46. The Kier molecular flexibility index (Phi) is 8.39. The smallest absolute Gasteiger partial charge is 0.243 e. The van der Waals surface area contributed by atoms with Gasteiger partial charge in [-0.3, -0.25) is 19.2 Å². The van der Waals surface area contributed by atoms with Crippen LogP contribution in [0.2, 0.25) is 0 Å². The number of nitrogens with one attached hydrogen (secondary N) is 4. The molecule has 3 aliphatic heterocycles. The summed E-state index contributed by atoms with van der Waals surface area (Å²) in [6.45, 7) is 6.09. The molecular formula is C36H42N4O5. The molecule has 9 atom stereocenters. The number of hydrogen-bond acceptors (Lipinski definition) is 5. The largest absolute Gasteiger partial charge is 0.365 e. The lowest BCUT2D eigenvalue weighted by atomic mass is 9.52. The van der Waals surface area contributed by atoms with Crippen LogP contribution in [0.3, 0.4) is 0 Å². The second-order valence-electron chi connectivity index (χ2n) is 13.0. The number of benzene rings is 2. The van der Waals surface area contributed by atoms with Gasteiger partial charge in [0.1, 0.15) is 17.5 Å². The minimum absolute atomic E-state index is 0.124. The summed E-state index contributed by atoms with van der Waals surface area (Å²) >= 11 is 0. The molecule has 236 valence electrons. The predicted octanol–water partition coefficient (Wildman–Crippen LogP) is 2.62. The third-order valence-corrected chi connectivity index (χ3v) is 10.3. The summed E-state index contributed by atoms with van der Waals surface area (Å²) in [7, 11) is 0. The second-order valence-corrected chi connectivity index (χ2v) is 13.0. The molecule has 2 aromatic rings. The molecule has 6 rings (SSSR count). The third-order valence-electron chi connectivity index (χ3n) is 10.3. The van der Waals surface area contributed by atoms with Gasteiger partial charge in [0.2, 0.25) is 23.6 Å². The summed E-state index contributed by atoms with van der Waals surface area (Å²) in [5.74, 6) is -2.71. The molecule has 4 N–H and O–H groups in total. The van der Waals surface area contributed by atoms with Gasteiger partial charge in [0.25, 0.3) is 0 Å². The molecule has 2 saturated heterocycles. The Morgan fingerprint density at radius 1 is 0.778 bits per heavy atom. The highest BCUT2D eigenvalue weighted by Crippen LogP contribution is 2.65. The van der Waals surface area contributed by atoms with E-state index in [0.29, 0.717) is 19.4 Å². The predicted molar refractivity (Wildman–Crippen MR) is 170 cm³/mol. The molecule has 3 heterocycles. The Morgan fingerprint density at radius 2 is 1.42 bits per heavy atom. The normalized spacial score (nSPS) is 37.9. The van der Waals surface area contributed by atoms with Crippen LogP contribution in [0.5, 0.6) is 0 Å². The van der Waals surface area contributed by atoms with E-state index < -0.39 is 46.7 Å². The monoisotopic (exact) mass is 610 g/mol. The number of epoxide rings is 1. The lowest BCUT2D eigenvalue weighted by Crippen LogP contribution is -2.64. The average molecular weight is 611 g/mol. The minimum Gasteiger partial charge on any atom is -0.365 e. The first-order valence-electron chi connectivity index (χ1n) is 15.9. The zero-order chi connectivity index (χ0) is 31.8. The number of carbonyl (C=O) groups is 4. The zero-order valence-corrected chi connectivity index (χ0v) is 26.0. The van der Waals surface area contributed by atoms with Gasteiger partial charge in [-0.2, -0.15) is 0 Å². The van der Waals surface area contributed by atoms with E-state index in [1.54, 1.807) is 6.92 Å². The topological polar surface area (TPSA) is 129 Å². The van der Waals surface area contributed by atoms with Gasteiger partial charge in [0, 0.05) is 30.8 Å². The Labute approximate surface area is 264 Å². The Morgan fingerprint density at radius 3 is 2.11 bits per heavy atom. The first-order valence-corrected chi connectivity index (χ1v) is 15.9. The van der Waals surface area contributed by atoms with Gasteiger partial charge in [0.15, 0.2) is 0 Å². The zero-order valence-electron chi connectivity index (χ0n) is 26.0. The molecule has 0 radical (unpaired) electrons. The van der Waals surface area contributed by atoms with Crippen molar-refractivity contribution in [3.63, 3.8) is 0 Å². The van der Waals surface area contributed by atoms with Gasteiger partial charge in [-0.1, -0.05) is 91.9 Å². The Bertz CT molecular complexity index is 1510. The second kappa shape index (κ2) is 12.3. The van der Waals surface area contributed by atoms with Crippen LogP contribution in [-0.2, 0) is 36.8 Å². The van der Waals surface area contributed by atoms with E-state index in [4.69, 9.17) is 4.74 Å². The van der Waals surface area contributed by atoms with Crippen LogP contribution in [0, 0.1) is 23.2 Å². The van der Waals surface area contributed by atoms with Crippen LogP contribution in [0.4, 0.5) is 0 Å². The van der Waals surface area contributed by atoms with Crippen molar-refractivity contribution >= 4 is 23.6 Å². The molecule has 4 aliphatic rings. The molecule has 1 spiro atoms. The summed E-state index contributed by atoms with van der Waals surface area (Å²) in [6, 6.07) is 17.2. The van der Waals surface area contributed by atoms with E-state index >= 15 is 0 Å². The molecule has 9 nitrogen and oxygen atoms in total. The summed E-state index contributed by atoms with van der Waals surface area (Å²) in [4.78, 5) is 55.9. The maximum absolute atomic E-state index is 14.9. The molecule has 45 heavy (non-hydrogen) atoms. The highest BCUT2D eigenvalue weighted by atomic mass is 16.6. The fourth-order valence-electron chi connectivity index (χ4n) is 7.81. The van der Waals surface area contributed by atoms with E-state index in [1.165, 1.54) is 0 Å². The Balaban J connectivity index is 1.44. The number of amides is 4. The van der Waals surface area contributed by atoms with E-state index in [9.17, 15) is 19.2 Å². The number of fused-ring (bicyclic) bond motifs is 2. The van der Waals surface area contributed by atoms with Gasteiger partial charge in [0.05, 0.1) is 11.7 Å². The molecule has 0 bridgehead atoms. The van der Waals surface area contributed by atoms with Crippen molar-refractivity contribution in [2.24, 2.45) is 23.2 Å². The standard InChI is InChI=1S/C36H42N4O5/c1-22-29-27(20-24-14-8-6-9-15-24)39-33(43)36(29)26(30-35(22,3)45-30)18-12-4-5-13-19-37-31(41)23(2)38-32(42)28(40-34(36)44)21-25-16-10-7-11-17-25/h5-18,22-23,26-30H,4,19-21H2,1-3H3,(H,37,41)(H,38,42)(H,39,43)(H,40,44)/b13-5-,18-12+/t22-,23-,26?,27-,28+,29?,30-,35+,36+/m0/s1. The average Bonchev–Trinajstić information content (AvgIpc) is 3.64. The van der Waals surface area contributed by atoms with Gasteiger partial charge >= 0.3 is 0 Å². The number of carbonyl (C=O) groups excluding carboxylic acids is 4. The van der Waals surface area contributed by atoms with Gasteiger partial charge < -0.3 is 26.0 Å². The van der Waals surface area contributed by atoms with Crippen molar-refractivity contribution in [3.05, 3.63) is 96.1 Å². The van der Waals surface area contributed by atoms with Crippen LogP contribution in [0.15, 0.2) is 85.0 Å². The van der Waals surface area contributed by atoms with Crippen LogP contribution >= 0.6 is 0 Å². The maximum Gasteiger partial charge on any atom is 0.243 e. The Hall–Kier alpha value is -4.24. The molecule has 2 aromatic carbocycles. The molecule has 1 saturated carbocycles. The van der Waals surface area contributed by atoms with Crippen molar-refractivity contribution in [2.45, 2.75) is 69.9 Å². The quantitative estimate of drug-likeness (QED) is 0.240. The first kappa shape index (κ1) is 30.8. The van der Waals surface area contributed by atoms with Crippen LogP contribution < -0.4 is 21.3 Å². The van der Waals surface area contributed by atoms with Crippen LogP contribution in [0.1, 0.15) is 38.3 Å². The van der Waals surface area contributed by atoms with Crippen LogP contribution in [-0.4, -0.2) is 60.0 Å². The third kappa shape index (κ3) is 5.58. The van der Waals surface area contributed by atoms with E-state index in [1.807, 2.05) is 85.0 Å². The lowest BCUT2D eigenvalue weighted by molar-refractivity contribution is -0.151. The summed E-state index contributed by atoms with van der Waals surface area (Å²) in [6.07, 6.45) is 8.70. The molecule has 9 heteroatoms. The van der Waals surface area contributed by atoms with Crippen LogP contribution in [0.25, 0.3) is 0 Å². The first-order chi connectivity index (χ1) is 21.7. The summed E-state index contributed by atoms with van der Waals surface area (Å²) in [5.41, 5.74) is -0.0831. The SMILES string of the molecule is C[C@@H]1NC(=O)[C@@H](Cc2ccccc2)NC(=O)[C@@]23C(=O)N[C@@H](Cc4ccccc4)C2[C@H](C)[C@@]2(C)O[C@H]2C3/C=C/C/C=C\CNC1=O. The summed E-state index contributed by atoms with van der Waals surface area (Å²) in [5, 5.41) is 11.9. The van der Waals surface area contributed by atoms with Gasteiger partial charge in [-0.15, -0.1) is 0 Å². The molecular weight excluding hydrogens is 568 g/mol. The van der Waals surface area contributed by atoms with Crippen molar-refractivity contribution in [1.82, 2.24) is 21.3 Å². The fourth-order valence-corrected chi connectivity index (χ4v) is 7.81. The highest BCUT2D eigenvalue weighted by molar-refractivity contribution is 6.09. The highest BCUT2D eigenvalue weighted by Gasteiger charge is 2.78. The molecule has 3 fully saturated rings. The van der Waals surface area contributed by atoms with E-state index in [2.05, 4.69) is 35.1 Å². The fraction of sp³-hybridized carbons (Fsp3) is 0.444. The number of hydrogen-bond donors (Lipinski definition) is 4. The van der Waals surface area contributed by atoms with Crippen molar-refractivity contribution < 1.29 is 23.9 Å². The maximum atomic E-state index is 14.9. The van der Waals surface area contributed by atoms with Gasteiger partial charge in [-0.05, 0) is 43.7 Å². The van der Waals surface area contributed by atoms with Gasteiger partial charge in [-0.25, -0.2) is 0 Å². The molecule has 0 aromatic heterocycles. The molecule has 2 unspecified atom stereocenters. The number of ether oxygens (including phenoxy) is 1. The van der Waals surface area contributed by atoms with E-state index in [-0.39, 0.29) is 36.3 Å².